The van der Waals surface area contributed by atoms with Gasteiger partial charge in [-0.25, -0.2) is 4.68 Å². The molecule has 2 aromatic rings. The molecule has 1 fully saturated rings. The Morgan fingerprint density at radius 1 is 1.36 bits per heavy atom. The van der Waals surface area contributed by atoms with Gasteiger partial charge in [0.1, 0.15) is 0 Å². The number of aromatic nitrogens is 2. The number of hydrogen-bond donors (Lipinski definition) is 2. The lowest BCUT2D eigenvalue weighted by atomic mass is 10.1. The zero-order chi connectivity index (χ0) is 14.5. The fourth-order valence-electron chi connectivity index (χ4n) is 2.60. The Balaban J connectivity index is 0.00000176. The van der Waals surface area contributed by atoms with E-state index in [0.29, 0.717) is 6.54 Å². The van der Waals surface area contributed by atoms with Crippen LogP contribution in [0.2, 0.25) is 0 Å². The fourth-order valence-corrected chi connectivity index (χ4v) is 2.60. The van der Waals surface area contributed by atoms with Gasteiger partial charge in [0, 0.05) is 18.9 Å². The van der Waals surface area contributed by atoms with E-state index in [-0.39, 0.29) is 24.4 Å². The molecule has 1 saturated heterocycles. The van der Waals surface area contributed by atoms with Crippen LogP contribution >= 0.6 is 12.4 Å². The lowest BCUT2D eigenvalue weighted by Gasteiger charge is -2.11. The first-order valence-electron chi connectivity index (χ1n) is 7.43. The molecule has 1 unspecified atom stereocenters. The predicted octanol–water partition coefficient (Wildman–Crippen LogP) is 1.70. The van der Waals surface area contributed by atoms with Crippen molar-refractivity contribution in [1.82, 2.24) is 20.4 Å². The van der Waals surface area contributed by atoms with Crippen molar-refractivity contribution in [2.24, 2.45) is 0 Å². The Hall–Kier alpha value is -1.85. The summed E-state index contributed by atoms with van der Waals surface area (Å²) >= 11 is 0. The SMILES string of the molecule is Cl.O=C(NCCc1ccc(-n2cccn2)cc1)C1CCCN1. The molecule has 1 aliphatic rings. The first-order valence-corrected chi connectivity index (χ1v) is 7.43. The highest BCUT2D eigenvalue weighted by molar-refractivity contribution is 5.85. The molecule has 2 N–H and O–H groups in total. The molecule has 1 atom stereocenters. The molecule has 0 radical (unpaired) electrons. The van der Waals surface area contributed by atoms with E-state index in [1.165, 1.54) is 5.56 Å². The average Bonchev–Trinajstić information content (AvgIpc) is 3.21. The molecular weight excluding hydrogens is 300 g/mol. The number of carbonyl (C=O) groups excluding carboxylic acids is 1. The lowest BCUT2D eigenvalue weighted by Crippen LogP contribution is -2.41. The van der Waals surface area contributed by atoms with Gasteiger partial charge in [0.05, 0.1) is 11.7 Å². The largest absolute Gasteiger partial charge is 0.354 e. The Morgan fingerprint density at radius 3 is 2.82 bits per heavy atom. The molecule has 5 nitrogen and oxygen atoms in total. The Labute approximate surface area is 136 Å². The van der Waals surface area contributed by atoms with Crippen molar-refractivity contribution < 1.29 is 4.79 Å². The quantitative estimate of drug-likeness (QED) is 0.881. The van der Waals surface area contributed by atoms with Crippen molar-refractivity contribution in [2.75, 3.05) is 13.1 Å². The minimum atomic E-state index is 0. The summed E-state index contributed by atoms with van der Waals surface area (Å²) in [5.74, 6) is 0.126. The maximum absolute atomic E-state index is 11.9. The molecule has 0 saturated carbocycles. The molecule has 0 aliphatic carbocycles. The first-order chi connectivity index (χ1) is 10.3. The van der Waals surface area contributed by atoms with Crippen LogP contribution in [0.4, 0.5) is 0 Å². The zero-order valence-corrected chi connectivity index (χ0v) is 13.2. The number of amides is 1. The average molecular weight is 321 g/mol. The molecule has 22 heavy (non-hydrogen) atoms. The van der Waals surface area contributed by atoms with E-state index in [9.17, 15) is 4.79 Å². The Morgan fingerprint density at radius 2 is 2.18 bits per heavy atom. The van der Waals surface area contributed by atoms with Crippen LogP contribution in [-0.2, 0) is 11.2 Å². The number of nitrogens with zero attached hydrogens (tertiary/aromatic N) is 2. The highest BCUT2D eigenvalue weighted by Gasteiger charge is 2.21. The molecule has 0 bridgehead atoms. The number of benzene rings is 1. The van der Waals surface area contributed by atoms with E-state index >= 15 is 0 Å². The van der Waals surface area contributed by atoms with Gasteiger partial charge in [0.2, 0.25) is 5.91 Å². The maximum Gasteiger partial charge on any atom is 0.237 e. The molecule has 1 amide bonds. The van der Waals surface area contributed by atoms with Crippen LogP contribution in [0.3, 0.4) is 0 Å². The molecule has 6 heteroatoms. The van der Waals surface area contributed by atoms with Gasteiger partial charge in [-0.1, -0.05) is 12.1 Å². The second-order valence-electron chi connectivity index (χ2n) is 5.31. The highest BCUT2D eigenvalue weighted by Crippen LogP contribution is 2.09. The second-order valence-corrected chi connectivity index (χ2v) is 5.31. The van der Waals surface area contributed by atoms with E-state index in [1.54, 1.807) is 6.20 Å². The monoisotopic (exact) mass is 320 g/mol. The van der Waals surface area contributed by atoms with Crippen molar-refractivity contribution in [1.29, 1.82) is 0 Å². The zero-order valence-electron chi connectivity index (χ0n) is 12.4. The van der Waals surface area contributed by atoms with Crippen LogP contribution in [0.25, 0.3) is 5.69 Å². The van der Waals surface area contributed by atoms with E-state index in [4.69, 9.17) is 0 Å². The number of carbonyl (C=O) groups is 1. The van der Waals surface area contributed by atoms with Crippen LogP contribution < -0.4 is 10.6 Å². The summed E-state index contributed by atoms with van der Waals surface area (Å²) in [6.07, 6.45) is 6.57. The van der Waals surface area contributed by atoms with E-state index in [2.05, 4.69) is 27.9 Å². The van der Waals surface area contributed by atoms with Crippen molar-refractivity contribution in [3.05, 3.63) is 48.3 Å². The van der Waals surface area contributed by atoms with E-state index < -0.39 is 0 Å². The molecule has 118 valence electrons. The molecular formula is C16H21ClN4O. The van der Waals surface area contributed by atoms with Gasteiger partial charge in [-0.2, -0.15) is 5.10 Å². The van der Waals surface area contributed by atoms with Gasteiger partial charge in [-0.3, -0.25) is 4.79 Å². The number of nitrogens with one attached hydrogen (secondary N) is 2. The first kappa shape index (κ1) is 16.5. The van der Waals surface area contributed by atoms with Gasteiger partial charge in [0.25, 0.3) is 0 Å². The molecule has 0 spiro atoms. The van der Waals surface area contributed by atoms with Gasteiger partial charge in [0.15, 0.2) is 0 Å². The van der Waals surface area contributed by atoms with Gasteiger partial charge in [-0.15, -0.1) is 12.4 Å². The lowest BCUT2D eigenvalue weighted by molar-refractivity contribution is -0.122. The molecule has 3 rings (SSSR count). The predicted molar refractivity (Wildman–Crippen MR) is 88.6 cm³/mol. The number of halogens is 1. The van der Waals surface area contributed by atoms with Crippen LogP contribution in [-0.4, -0.2) is 34.8 Å². The third kappa shape index (κ3) is 4.08. The summed E-state index contributed by atoms with van der Waals surface area (Å²) in [4.78, 5) is 11.9. The summed E-state index contributed by atoms with van der Waals surface area (Å²) in [6.45, 7) is 1.63. The Kier molecular flexibility index (Phi) is 5.98. The third-order valence-corrected chi connectivity index (χ3v) is 3.79. The van der Waals surface area contributed by atoms with Gasteiger partial charge < -0.3 is 10.6 Å². The van der Waals surface area contributed by atoms with Gasteiger partial charge in [-0.05, 0) is 49.6 Å². The topological polar surface area (TPSA) is 59.0 Å². The number of rotatable bonds is 5. The second kappa shape index (κ2) is 7.96. The summed E-state index contributed by atoms with van der Waals surface area (Å²) in [6, 6.07) is 10.2. The number of hydrogen-bond acceptors (Lipinski definition) is 3. The third-order valence-electron chi connectivity index (χ3n) is 3.79. The van der Waals surface area contributed by atoms with Crippen LogP contribution in [0, 0.1) is 0 Å². The van der Waals surface area contributed by atoms with Crippen LogP contribution in [0.1, 0.15) is 18.4 Å². The van der Waals surface area contributed by atoms with E-state index in [1.807, 2.05) is 29.1 Å². The maximum atomic E-state index is 11.9. The minimum absolute atomic E-state index is 0. The molecule has 1 aromatic carbocycles. The van der Waals surface area contributed by atoms with Crippen LogP contribution in [0.5, 0.6) is 0 Å². The fraction of sp³-hybridized carbons (Fsp3) is 0.375. The normalized spacial score (nSPS) is 17.0. The van der Waals surface area contributed by atoms with Crippen molar-refractivity contribution in [3.63, 3.8) is 0 Å². The summed E-state index contributed by atoms with van der Waals surface area (Å²) in [7, 11) is 0. The minimum Gasteiger partial charge on any atom is -0.354 e. The summed E-state index contributed by atoms with van der Waals surface area (Å²) in [5.41, 5.74) is 2.26. The standard InChI is InChI=1S/C16H20N4O.ClH/c21-16(15-3-1-9-17-15)18-11-8-13-4-6-14(7-5-13)20-12-2-10-19-20;/h2,4-7,10,12,15,17H,1,3,8-9,11H2,(H,18,21);1H. The van der Waals surface area contributed by atoms with Crippen molar-refractivity contribution >= 4 is 18.3 Å². The van der Waals surface area contributed by atoms with Crippen LogP contribution in [0.15, 0.2) is 42.7 Å². The summed E-state index contributed by atoms with van der Waals surface area (Å²) in [5, 5.41) is 10.4. The molecule has 1 aromatic heterocycles. The Bertz CT molecular complexity index is 577. The molecule has 1 aliphatic heterocycles. The van der Waals surface area contributed by atoms with Gasteiger partial charge >= 0.3 is 0 Å². The summed E-state index contributed by atoms with van der Waals surface area (Å²) < 4.78 is 1.83. The highest BCUT2D eigenvalue weighted by atomic mass is 35.5. The smallest absolute Gasteiger partial charge is 0.237 e. The van der Waals surface area contributed by atoms with E-state index in [0.717, 1.165) is 31.5 Å². The molecule has 2 heterocycles. The van der Waals surface area contributed by atoms with Crippen molar-refractivity contribution in [2.45, 2.75) is 25.3 Å². The van der Waals surface area contributed by atoms with Crippen molar-refractivity contribution in [3.8, 4) is 5.69 Å².